The Morgan fingerprint density at radius 2 is 1.87 bits per heavy atom. The number of piperidine rings is 1. The molecule has 2 rings (SSSR count). The van der Waals surface area contributed by atoms with E-state index in [1.807, 2.05) is 0 Å². The normalized spacial score (nSPS) is 19.3. The van der Waals surface area contributed by atoms with Crippen LogP contribution in [0, 0.1) is 11.8 Å². The third-order valence-corrected chi connectivity index (χ3v) is 5.09. The summed E-state index contributed by atoms with van der Waals surface area (Å²) >= 11 is 0. The van der Waals surface area contributed by atoms with Crippen molar-refractivity contribution < 1.29 is 0 Å². The molecule has 0 N–H and O–H groups in total. The second-order valence-corrected chi connectivity index (χ2v) is 6.99. The zero-order valence-corrected chi connectivity index (χ0v) is 15.2. The van der Waals surface area contributed by atoms with Gasteiger partial charge < -0.3 is 4.90 Å². The van der Waals surface area contributed by atoms with E-state index in [1.54, 1.807) is 0 Å². The average Bonchev–Trinajstić information content (AvgIpc) is 2.60. The number of likely N-dealkylation sites (tertiary alicyclic amines) is 1. The Labute approximate surface area is 143 Å². The molecular formula is C22H33N. The van der Waals surface area contributed by atoms with Gasteiger partial charge in [-0.3, -0.25) is 0 Å². The van der Waals surface area contributed by atoms with Gasteiger partial charge in [-0.15, -0.1) is 0 Å². The zero-order chi connectivity index (χ0) is 16.5. The van der Waals surface area contributed by atoms with E-state index in [9.17, 15) is 0 Å². The molecule has 0 saturated carbocycles. The molecule has 0 radical (unpaired) electrons. The molecule has 126 valence electrons. The molecule has 1 fully saturated rings. The number of aryl methyl sites for hydroxylation is 1. The quantitative estimate of drug-likeness (QED) is 0.602. The molecule has 0 aromatic heterocycles. The third kappa shape index (κ3) is 5.99. The lowest BCUT2D eigenvalue weighted by atomic mass is 9.88. The van der Waals surface area contributed by atoms with Crippen LogP contribution in [0.1, 0.15) is 45.6 Å². The van der Waals surface area contributed by atoms with Crippen LogP contribution in [-0.2, 0) is 6.42 Å². The Bertz CT molecular complexity index is 492. The number of benzene rings is 1. The van der Waals surface area contributed by atoms with Crippen molar-refractivity contribution >= 4 is 0 Å². The van der Waals surface area contributed by atoms with Gasteiger partial charge >= 0.3 is 0 Å². The second kappa shape index (κ2) is 9.72. The van der Waals surface area contributed by atoms with Gasteiger partial charge in [0, 0.05) is 6.54 Å². The highest BCUT2D eigenvalue weighted by Crippen LogP contribution is 2.26. The summed E-state index contributed by atoms with van der Waals surface area (Å²) in [5.41, 5.74) is 3.01. The minimum atomic E-state index is 0.770. The maximum absolute atomic E-state index is 2.68. The highest BCUT2D eigenvalue weighted by molar-refractivity contribution is 5.21. The maximum Gasteiger partial charge on any atom is 0.000714 e. The summed E-state index contributed by atoms with van der Waals surface area (Å²) < 4.78 is 0. The Morgan fingerprint density at radius 3 is 2.48 bits per heavy atom. The highest BCUT2D eigenvalue weighted by Gasteiger charge is 2.21. The summed E-state index contributed by atoms with van der Waals surface area (Å²) in [5, 5.41) is 0. The monoisotopic (exact) mass is 311 g/mol. The Hall–Kier alpha value is -1.34. The van der Waals surface area contributed by atoms with Crippen molar-refractivity contribution in [3.8, 4) is 0 Å². The molecule has 0 bridgehead atoms. The molecule has 1 heterocycles. The Kier molecular flexibility index (Phi) is 7.61. The maximum atomic E-state index is 2.68. The van der Waals surface area contributed by atoms with Gasteiger partial charge in [-0.2, -0.15) is 0 Å². The van der Waals surface area contributed by atoms with Crippen molar-refractivity contribution in [1.82, 2.24) is 4.90 Å². The van der Waals surface area contributed by atoms with Crippen LogP contribution in [0.3, 0.4) is 0 Å². The first-order chi connectivity index (χ1) is 11.2. The van der Waals surface area contributed by atoms with Gasteiger partial charge in [-0.05, 0) is 75.6 Å². The van der Waals surface area contributed by atoms with E-state index in [0.29, 0.717) is 0 Å². The zero-order valence-electron chi connectivity index (χ0n) is 15.2. The standard InChI is InChI=1S/C22H33N/c1-4-9-21(5-2)22-14-16-23(17-15-22)18-19(3)12-13-20-10-7-6-8-11-20/h4-11,19,22H,12-18H2,1-3H3/b9-4-,21-5+. The lowest BCUT2D eigenvalue weighted by Crippen LogP contribution is -2.37. The average molecular weight is 312 g/mol. The fraction of sp³-hybridized carbons (Fsp3) is 0.545. The van der Waals surface area contributed by atoms with Crippen molar-refractivity contribution in [3.63, 3.8) is 0 Å². The second-order valence-electron chi connectivity index (χ2n) is 6.99. The van der Waals surface area contributed by atoms with Crippen molar-refractivity contribution in [2.45, 2.75) is 46.5 Å². The van der Waals surface area contributed by atoms with E-state index in [2.05, 4.69) is 74.2 Å². The van der Waals surface area contributed by atoms with E-state index in [1.165, 1.54) is 56.5 Å². The summed E-state index contributed by atoms with van der Waals surface area (Å²) in [6, 6.07) is 10.9. The van der Waals surface area contributed by atoms with Gasteiger partial charge in [0.15, 0.2) is 0 Å². The summed E-state index contributed by atoms with van der Waals surface area (Å²) in [5.74, 6) is 1.55. The van der Waals surface area contributed by atoms with Gasteiger partial charge in [-0.1, -0.05) is 55.5 Å². The lowest BCUT2D eigenvalue weighted by Gasteiger charge is -2.34. The van der Waals surface area contributed by atoms with Crippen LogP contribution in [0.4, 0.5) is 0 Å². The van der Waals surface area contributed by atoms with Gasteiger partial charge in [0.1, 0.15) is 0 Å². The van der Waals surface area contributed by atoms with E-state index < -0.39 is 0 Å². The van der Waals surface area contributed by atoms with E-state index in [4.69, 9.17) is 0 Å². The van der Waals surface area contributed by atoms with Crippen molar-refractivity contribution in [2.75, 3.05) is 19.6 Å². The molecule has 0 aliphatic carbocycles. The molecule has 1 aliphatic rings. The Balaban J connectivity index is 1.71. The van der Waals surface area contributed by atoms with E-state index >= 15 is 0 Å². The summed E-state index contributed by atoms with van der Waals surface area (Å²) in [7, 11) is 0. The first kappa shape index (κ1) is 18.0. The summed E-state index contributed by atoms with van der Waals surface area (Å²) in [6.45, 7) is 10.5. The van der Waals surface area contributed by atoms with Crippen molar-refractivity contribution in [1.29, 1.82) is 0 Å². The van der Waals surface area contributed by atoms with Crippen molar-refractivity contribution in [2.24, 2.45) is 11.8 Å². The van der Waals surface area contributed by atoms with Crippen LogP contribution < -0.4 is 0 Å². The van der Waals surface area contributed by atoms with Crippen LogP contribution in [0.5, 0.6) is 0 Å². The molecule has 1 unspecified atom stereocenters. The van der Waals surface area contributed by atoms with Crippen LogP contribution in [0.2, 0.25) is 0 Å². The number of hydrogen-bond donors (Lipinski definition) is 0. The molecule has 1 aromatic carbocycles. The molecular weight excluding hydrogens is 278 g/mol. The van der Waals surface area contributed by atoms with Crippen molar-refractivity contribution in [3.05, 3.63) is 59.7 Å². The molecule has 1 nitrogen and oxygen atoms in total. The molecule has 1 heteroatoms. The van der Waals surface area contributed by atoms with Gasteiger partial charge in [-0.25, -0.2) is 0 Å². The fourth-order valence-corrected chi connectivity index (χ4v) is 3.70. The van der Waals surface area contributed by atoms with Gasteiger partial charge in [0.05, 0.1) is 0 Å². The summed E-state index contributed by atoms with van der Waals surface area (Å²) in [4.78, 5) is 2.68. The van der Waals surface area contributed by atoms with Gasteiger partial charge in [0.25, 0.3) is 0 Å². The number of allylic oxidation sites excluding steroid dienone is 4. The minimum Gasteiger partial charge on any atom is -0.303 e. The van der Waals surface area contributed by atoms with E-state index in [0.717, 1.165) is 11.8 Å². The number of nitrogens with zero attached hydrogens (tertiary/aromatic N) is 1. The largest absolute Gasteiger partial charge is 0.303 e. The van der Waals surface area contributed by atoms with Crippen LogP contribution in [0.25, 0.3) is 0 Å². The fourth-order valence-electron chi connectivity index (χ4n) is 3.70. The van der Waals surface area contributed by atoms with Gasteiger partial charge in [0.2, 0.25) is 0 Å². The van der Waals surface area contributed by atoms with Crippen LogP contribution >= 0.6 is 0 Å². The van der Waals surface area contributed by atoms with Crippen LogP contribution in [-0.4, -0.2) is 24.5 Å². The first-order valence-electron chi connectivity index (χ1n) is 9.28. The van der Waals surface area contributed by atoms with Crippen LogP contribution in [0.15, 0.2) is 54.1 Å². The minimum absolute atomic E-state index is 0.770. The predicted octanol–water partition coefficient (Wildman–Crippen LogP) is 5.49. The predicted molar refractivity (Wildman–Crippen MR) is 102 cm³/mol. The molecule has 1 saturated heterocycles. The molecule has 0 amide bonds. The molecule has 1 atom stereocenters. The third-order valence-electron chi connectivity index (χ3n) is 5.09. The molecule has 23 heavy (non-hydrogen) atoms. The van der Waals surface area contributed by atoms with E-state index in [-0.39, 0.29) is 0 Å². The Morgan fingerprint density at radius 1 is 1.17 bits per heavy atom. The SMILES string of the molecule is C/C=C\C(=C/C)C1CCN(CC(C)CCc2ccccc2)CC1. The number of hydrogen-bond acceptors (Lipinski definition) is 1. The lowest BCUT2D eigenvalue weighted by molar-refractivity contribution is 0.174. The molecule has 0 spiro atoms. The first-order valence-corrected chi connectivity index (χ1v) is 9.28. The molecule has 1 aromatic rings. The molecule has 1 aliphatic heterocycles. The number of rotatable bonds is 7. The summed E-state index contributed by atoms with van der Waals surface area (Å²) in [6.07, 6.45) is 11.9. The smallest absolute Gasteiger partial charge is 0.000714 e. The topological polar surface area (TPSA) is 3.24 Å². The highest BCUT2D eigenvalue weighted by atomic mass is 15.1.